The number of ether oxygens (including phenoxy) is 1. The molecule has 3 N–H and O–H groups in total. The van der Waals surface area contributed by atoms with Crippen LogP contribution in [0.2, 0.25) is 0 Å². The highest BCUT2D eigenvalue weighted by atomic mass is 16.5. The lowest BCUT2D eigenvalue weighted by atomic mass is 9.98. The molecule has 1 amide bonds. The molecule has 0 aliphatic carbocycles. The second-order valence-corrected chi connectivity index (χ2v) is 5.13. The monoisotopic (exact) mass is 264 g/mol. The summed E-state index contributed by atoms with van der Waals surface area (Å²) in [6.45, 7) is 7.52. The molecular formula is C15H24N2O2. The number of nitrogens with two attached hydrogens (primary N) is 1. The largest absolute Gasteiger partial charge is 0.483 e. The van der Waals surface area contributed by atoms with Crippen molar-refractivity contribution >= 4 is 5.91 Å². The topological polar surface area (TPSA) is 64.3 Å². The number of carbonyl (C=O) groups excluding carboxylic acids is 1. The van der Waals surface area contributed by atoms with E-state index in [-0.39, 0.29) is 12.5 Å². The maximum absolute atomic E-state index is 11.7. The third kappa shape index (κ3) is 5.30. The van der Waals surface area contributed by atoms with Crippen molar-refractivity contribution in [1.29, 1.82) is 0 Å². The van der Waals surface area contributed by atoms with Gasteiger partial charge in [-0.1, -0.05) is 39.0 Å². The Kier molecular flexibility index (Phi) is 6.36. The van der Waals surface area contributed by atoms with Gasteiger partial charge in [0.1, 0.15) is 5.75 Å². The summed E-state index contributed by atoms with van der Waals surface area (Å²) in [6.07, 6.45) is 0. The van der Waals surface area contributed by atoms with Crippen molar-refractivity contribution in [2.75, 3.05) is 13.2 Å². The summed E-state index contributed by atoms with van der Waals surface area (Å²) in [6, 6.07) is 7.49. The number of hydrogen-bond acceptors (Lipinski definition) is 3. The zero-order valence-electron chi connectivity index (χ0n) is 12.0. The third-order valence-electron chi connectivity index (χ3n) is 3.31. The molecule has 1 rings (SSSR count). The fraction of sp³-hybridized carbons (Fsp3) is 0.533. The van der Waals surface area contributed by atoms with E-state index in [1.165, 1.54) is 0 Å². The van der Waals surface area contributed by atoms with Crippen LogP contribution >= 0.6 is 0 Å². The second kappa shape index (κ2) is 7.79. The SMILES string of the molecule is CC(C)C(C)CNC(=O)COc1ccccc1CN. The number of benzene rings is 1. The number of rotatable bonds is 7. The Morgan fingerprint density at radius 1 is 1.32 bits per heavy atom. The molecule has 4 heteroatoms. The Morgan fingerprint density at radius 2 is 2.00 bits per heavy atom. The summed E-state index contributed by atoms with van der Waals surface area (Å²) in [7, 11) is 0. The summed E-state index contributed by atoms with van der Waals surface area (Å²) < 4.78 is 5.49. The average molecular weight is 264 g/mol. The fourth-order valence-corrected chi connectivity index (χ4v) is 1.52. The van der Waals surface area contributed by atoms with E-state index in [1.54, 1.807) is 0 Å². The van der Waals surface area contributed by atoms with Gasteiger partial charge in [-0.3, -0.25) is 4.79 Å². The van der Waals surface area contributed by atoms with Gasteiger partial charge in [-0.05, 0) is 17.9 Å². The number of para-hydroxylation sites is 1. The van der Waals surface area contributed by atoms with Gasteiger partial charge in [0.25, 0.3) is 5.91 Å². The molecule has 0 spiro atoms. The zero-order valence-corrected chi connectivity index (χ0v) is 12.0. The molecule has 4 nitrogen and oxygen atoms in total. The highest BCUT2D eigenvalue weighted by molar-refractivity contribution is 5.77. The van der Waals surface area contributed by atoms with E-state index in [2.05, 4.69) is 26.1 Å². The molecule has 1 aromatic carbocycles. The first kappa shape index (κ1) is 15.5. The van der Waals surface area contributed by atoms with Crippen LogP contribution in [0, 0.1) is 11.8 Å². The van der Waals surface area contributed by atoms with Crippen LogP contribution in [-0.4, -0.2) is 19.1 Å². The van der Waals surface area contributed by atoms with Gasteiger partial charge >= 0.3 is 0 Å². The van der Waals surface area contributed by atoms with Gasteiger partial charge in [0.2, 0.25) is 0 Å². The summed E-state index contributed by atoms with van der Waals surface area (Å²) in [4.78, 5) is 11.7. The van der Waals surface area contributed by atoms with Crippen LogP contribution in [0.1, 0.15) is 26.3 Å². The van der Waals surface area contributed by atoms with Gasteiger partial charge in [-0.15, -0.1) is 0 Å². The van der Waals surface area contributed by atoms with Crippen LogP contribution in [0.25, 0.3) is 0 Å². The molecule has 1 atom stereocenters. The van der Waals surface area contributed by atoms with Crippen LogP contribution in [0.4, 0.5) is 0 Å². The van der Waals surface area contributed by atoms with Gasteiger partial charge in [0.15, 0.2) is 6.61 Å². The Bertz CT molecular complexity index is 405. The summed E-state index contributed by atoms with van der Waals surface area (Å²) in [5.74, 6) is 1.59. The van der Waals surface area contributed by atoms with E-state index in [0.717, 1.165) is 5.56 Å². The summed E-state index contributed by atoms with van der Waals surface area (Å²) >= 11 is 0. The highest BCUT2D eigenvalue weighted by Gasteiger charge is 2.10. The van der Waals surface area contributed by atoms with Gasteiger partial charge in [0.05, 0.1) is 0 Å². The second-order valence-electron chi connectivity index (χ2n) is 5.13. The molecular weight excluding hydrogens is 240 g/mol. The molecule has 0 bridgehead atoms. The predicted molar refractivity (Wildman–Crippen MR) is 76.8 cm³/mol. The molecule has 0 fully saturated rings. The summed E-state index contributed by atoms with van der Waals surface area (Å²) in [5, 5.41) is 2.88. The van der Waals surface area contributed by atoms with Crippen molar-refractivity contribution in [2.45, 2.75) is 27.3 Å². The Hall–Kier alpha value is -1.55. The van der Waals surface area contributed by atoms with E-state index < -0.39 is 0 Å². The molecule has 0 heterocycles. The number of hydrogen-bond donors (Lipinski definition) is 2. The molecule has 19 heavy (non-hydrogen) atoms. The lowest BCUT2D eigenvalue weighted by Crippen LogP contribution is -2.33. The molecule has 0 saturated heterocycles. The van der Waals surface area contributed by atoms with E-state index in [9.17, 15) is 4.79 Å². The van der Waals surface area contributed by atoms with Gasteiger partial charge < -0.3 is 15.8 Å². The molecule has 0 aliphatic rings. The fourth-order valence-electron chi connectivity index (χ4n) is 1.52. The van der Waals surface area contributed by atoms with Gasteiger partial charge in [-0.25, -0.2) is 0 Å². The first-order chi connectivity index (χ1) is 9.04. The van der Waals surface area contributed by atoms with Crippen LogP contribution in [-0.2, 0) is 11.3 Å². The predicted octanol–water partition coefficient (Wildman–Crippen LogP) is 1.93. The minimum absolute atomic E-state index is 0.0296. The zero-order chi connectivity index (χ0) is 14.3. The highest BCUT2D eigenvalue weighted by Crippen LogP contribution is 2.16. The van der Waals surface area contributed by atoms with Crippen molar-refractivity contribution in [1.82, 2.24) is 5.32 Å². The van der Waals surface area contributed by atoms with E-state index in [4.69, 9.17) is 10.5 Å². The van der Waals surface area contributed by atoms with Gasteiger partial charge in [-0.2, -0.15) is 0 Å². The maximum atomic E-state index is 11.7. The molecule has 106 valence electrons. The van der Waals surface area contributed by atoms with Crippen LogP contribution in [0.3, 0.4) is 0 Å². The Balaban J connectivity index is 2.38. The number of carbonyl (C=O) groups is 1. The van der Waals surface area contributed by atoms with E-state index in [0.29, 0.717) is 30.7 Å². The molecule has 0 aliphatic heterocycles. The maximum Gasteiger partial charge on any atom is 0.257 e. The lowest BCUT2D eigenvalue weighted by molar-refractivity contribution is -0.123. The van der Waals surface area contributed by atoms with Crippen molar-refractivity contribution < 1.29 is 9.53 Å². The average Bonchev–Trinajstić information content (AvgIpc) is 2.42. The third-order valence-corrected chi connectivity index (χ3v) is 3.31. The van der Waals surface area contributed by atoms with Crippen LogP contribution in [0.15, 0.2) is 24.3 Å². The van der Waals surface area contributed by atoms with Crippen molar-refractivity contribution in [3.05, 3.63) is 29.8 Å². The standard InChI is InChI=1S/C15H24N2O2/c1-11(2)12(3)9-17-15(18)10-19-14-7-5-4-6-13(14)8-16/h4-7,11-12H,8-10,16H2,1-3H3,(H,17,18). The minimum atomic E-state index is -0.0978. The molecule has 0 radical (unpaired) electrons. The Morgan fingerprint density at radius 3 is 2.63 bits per heavy atom. The van der Waals surface area contributed by atoms with E-state index in [1.807, 2.05) is 24.3 Å². The Labute approximate surface area is 115 Å². The van der Waals surface area contributed by atoms with Crippen LogP contribution < -0.4 is 15.8 Å². The number of nitrogens with one attached hydrogen (secondary N) is 1. The van der Waals surface area contributed by atoms with Gasteiger partial charge in [0, 0.05) is 18.7 Å². The van der Waals surface area contributed by atoms with Crippen molar-refractivity contribution in [2.24, 2.45) is 17.6 Å². The summed E-state index contributed by atoms with van der Waals surface area (Å²) in [5.41, 5.74) is 6.52. The normalized spacial score (nSPS) is 12.3. The molecule has 1 unspecified atom stereocenters. The molecule has 0 saturated carbocycles. The van der Waals surface area contributed by atoms with Crippen molar-refractivity contribution in [3.63, 3.8) is 0 Å². The van der Waals surface area contributed by atoms with Crippen LogP contribution in [0.5, 0.6) is 5.75 Å². The molecule has 1 aromatic rings. The first-order valence-corrected chi connectivity index (χ1v) is 6.72. The smallest absolute Gasteiger partial charge is 0.257 e. The van der Waals surface area contributed by atoms with E-state index >= 15 is 0 Å². The number of amides is 1. The quantitative estimate of drug-likeness (QED) is 0.791. The minimum Gasteiger partial charge on any atom is -0.483 e. The molecule has 0 aromatic heterocycles. The first-order valence-electron chi connectivity index (χ1n) is 6.72. The lowest BCUT2D eigenvalue weighted by Gasteiger charge is -2.16. The van der Waals surface area contributed by atoms with Crippen molar-refractivity contribution in [3.8, 4) is 5.75 Å².